The fraction of sp³-hybridized carbons (Fsp3) is 0.565. The molecule has 2 rings (SSSR count). The lowest BCUT2D eigenvalue weighted by atomic mass is 10.0. The molecular weight excluding hydrogens is 400 g/mol. The number of aliphatic hydroxyl groups is 1. The molecule has 31 heavy (non-hydrogen) atoms. The van der Waals surface area contributed by atoms with Gasteiger partial charge in [0.1, 0.15) is 11.5 Å². The summed E-state index contributed by atoms with van der Waals surface area (Å²) in [5, 5.41) is 10.0. The lowest BCUT2D eigenvalue weighted by molar-refractivity contribution is -0.142. The molecule has 0 aliphatic carbocycles. The van der Waals surface area contributed by atoms with Gasteiger partial charge in [-0.1, -0.05) is 19.1 Å². The highest BCUT2D eigenvalue weighted by Crippen LogP contribution is 2.24. The molecule has 0 bridgehead atoms. The minimum Gasteiger partial charge on any atom is -0.497 e. The smallest absolute Gasteiger partial charge is 0.226 e. The van der Waals surface area contributed by atoms with E-state index in [1.165, 1.54) is 11.8 Å². The van der Waals surface area contributed by atoms with Crippen molar-refractivity contribution < 1.29 is 29.0 Å². The van der Waals surface area contributed by atoms with E-state index in [1.54, 1.807) is 26.0 Å². The Labute approximate surface area is 183 Å². The number of amides is 2. The van der Waals surface area contributed by atoms with Gasteiger partial charge in [-0.3, -0.25) is 14.4 Å². The van der Waals surface area contributed by atoms with Crippen molar-refractivity contribution in [3.8, 4) is 5.75 Å². The average molecular weight is 433 g/mol. The number of rotatable bonds is 10. The summed E-state index contributed by atoms with van der Waals surface area (Å²) in [5.74, 6) is -0.689. The number of ketones is 2. The Morgan fingerprint density at radius 2 is 1.97 bits per heavy atom. The zero-order valence-electron chi connectivity index (χ0n) is 18.7. The minimum atomic E-state index is -0.783. The number of Topliss-reactive ketones (excluding diaryl/α,β-unsaturated/α-hetero) is 2. The molecule has 1 aliphatic heterocycles. The van der Waals surface area contributed by atoms with Crippen molar-refractivity contribution in [2.24, 2.45) is 5.92 Å². The third kappa shape index (κ3) is 6.89. The summed E-state index contributed by atoms with van der Waals surface area (Å²) in [7, 11) is 3.25. The second kappa shape index (κ2) is 11.0. The van der Waals surface area contributed by atoms with Gasteiger partial charge in [-0.05, 0) is 24.6 Å². The van der Waals surface area contributed by atoms with Crippen molar-refractivity contribution in [1.29, 1.82) is 0 Å². The van der Waals surface area contributed by atoms with E-state index in [0.29, 0.717) is 12.3 Å². The summed E-state index contributed by atoms with van der Waals surface area (Å²) in [6.07, 6.45) is -0.514. The first-order chi connectivity index (χ1) is 14.6. The fourth-order valence-corrected chi connectivity index (χ4v) is 3.88. The third-order valence-corrected chi connectivity index (χ3v) is 5.51. The van der Waals surface area contributed by atoms with Crippen LogP contribution in [0.5, 0.6) is 5.75 Å². The van der Waals surface area contributed by atoms with Gasteiger partial charge in [0, 0.05) is 51.7 Å². The standard InChI is InChI=1S/C23H32N2O6/c1-15(10-16(2)26)23(30)25-14-18(27)12-20(25)21(28)8-9-22(29)24(3)13-17-6-5-7-19(11-17)31-4/h5-7,11,15,18,20,27H,8-10,12-14H2,1-4H3/t15-,18-,20+/m1/s1. The second-order valence-electron chi connectivity index (χ2n) is 8.27. The van der Waals surface area contributed by atoms with Gasteiger partial charge in [0.15, 0.2) is 5.78 Å². The molecule has 170 valence electrons. The molecule has 3 atom stereocenters. The van der Waals surface area contributed by atoms with Crippen LogP contribution in [0.4, 0.5) is 0 Å². The Bertz CT molecular complexity index is 824. The van der Waals surface area contributed by atoms with Crippen molar-refractivity contribution in [3.05, 3.63) is 29.8 Å². The lowest BCUT2D eigenvalue weighted by Gasteiger charge is -2.26. The zero-order chi connectivity index (χ0) is 23.1. The maximum Gasteiger partial charge on any atom is 0.226 e. The zero-order valence-corrected chi connectivity index (χ0v) is 18.7. The van der Waals surface area contributed by atoms with Crippen LogP contribution in [0.3, 0.4) is 0 Å². The number of likely N-dealkylation sites (tertiary alicyclic amines) is 1. The van der Waals surface area contributed by atoms with Crippen LogP contribution in [-0.2, 0) is 25.7 Å². The number of methoxy groups -OCH3 is 1. The highest BCUT2D eigenvalue weighted by Gasteiger charge is 2.40. The summed E-state index contributed by atoms with van der Waals surface area (Å²) in [4.78, 5) is 52.2. The number of carbonyl (C=O) groups is 4. The Balaban J connectivity index is 1.92. The van der Waals surface area contributed by atoms with Gasteiger partial charge in [-0.25, -0.2) is 0 Å². The molecule has 1 saturated heterocycles. The van der Waals surface area contributed by atoms with E-state index in [1.807, 2.05) is 24.3 Å². The molecule has 8 nitrogen and oxygen atoms in total. The summed E-state index contributed by atoms with van der Waals surface area (Å²) >= 11 is 0. The van der Waals surface area contributed by atoms with Crippen LogP contribution in [0.15, 0.2) is 24.3 Å². The number of benzene rings is 1. The van der Waals surface area contributed by atoms with Gasteiger partial charge in [-0.2, -0.15) is 0 Å². The Kier molecular flexibility index (Phi) is 8.74. The number of aliphatic hydroxyl groups excluding tert-OH is 1. The summed E-state index contributed by atoms with van der Waals surface area (Å²) in [5.41, 5.74) is 0.914. The summed E-state index contributed by atoms with van der Waals surface area (Å²) in [6.45, 7) is 3.52. The Morgan fingerprint density at radius 3 is 2.61 bits per heavy atom. The van der Waals surface area contributed by atoms with Gasteiger partial charge in [-0.15, -0.1) is 0 Å². The normalized spacial score (nSPS) is 19.1. The Morgan fingerprint density at radius 1 is 1.26 bits per heavy atom. The SMILES string of the molecule is COc1cccc(CN(C)C(=O)CCC(=O)[C@@H]2C[C@@H](O)CN2C(=O)[C@H](C)CC(C)=O)c1. The molecule has 1 aromatic carbocycles. The maximum absolute atomic E-state index is 12.8. The molecule has 1 aliphatic rings. The fourth-order valence-electron chi connectivity index (χ4n) is 3.88. The number of nitrogens with zero attached hydrogens (tertiary/aromatic N) is 2. The third-order valence-electron chi connectivity index (χ3n) is 5.51. The van der Waals surface area contributed by atoms with Crippen molar-refractivity contribution in [3.63, 3.8) is 0 Å². The second-order valence-corrected chi connectivity index (χ2v) is 8.27. The van der Waals surface area contributed by atoms with Crippen molar-refractivity contribution in [2.75, 3.05) is 20.7 Å². The minimum absolute atomic E-state index is 0.0104. The molecule has 1 aromatic rings. The van der Waals surface area contributed by atoms with Crippen LogP contribution in [0, 0.1) is 5.92 Å². The van der Waals surface area contributed by atoms with Crippen LogP contribution in [0.25, 0.3) is 0 Å². The quantitative estimate of drug-likeness (QED) is 0.602. The number of β-amino-alcohol motifs (C(OH)–C–C–N with tert-alkyl or cyclic N) is 1. The van der Waals surface area contributed by atoms with Crippen LogP contribution in [0.1, 0.15) is 45.1 Å². The molecule has 0 radical (unpaired) electrons. The summed E-state index contributed by atoms with van der Waals surface area (Å²) in [6, 6.07) is 6.65. The van der Waals surface area contributed by atoms with Gasteiger partial charge >= 0.3 is 0 Å². The summed E-state index contributed by atoms with van der Waals surface area (Å²) < 4.78 is 5.19. The molecular formula is C23H32N2O6. The van der Waals surface area contributed by atoms with E-state index in [-0.39, 0.29) is 55.6 Å². The lowest BCUT2D eigenvalue weighted by Crippen LogP contribution is -2.43. The molecule has 2 amide bonds. The van der Waals surface area contributed by atoms with E-state index >= 15 is 0 Å². The molecule has 0 spiro atoms. The van der Waals surface area contributed by atoms with Crippen molar-refractivity contribution in [2.45, 2.75) is 58.2 Å². The number of carbonyl (C=O) groups excluding carboxylic acids is 4. The van der Waals surface area contributed by atoms with Gasteiger partial charge in [0.2, 0.25) is 11.8 Å². The molecule has 0 unspecified atom stereocenters. The first kappa shape index (κ1) is 24.5. The van der Waals surface area contributed by atoms with E-state index in [4.69, 9.17) is 4.74 Å². The van der Waals surface area contributed by atoms with Gasteiger partial charge in [0.25, 0.3) is 0 Å². The largest absolute Gasteiger partial charge is 0.497 e. The molecule has 1 heterocycles. The van der Waals surface area contributed by atoms with E-state index in [2.05, 4.69) is 0 Å². The van der Waals surface area contributed by atoms with Gasteiger partial charge < -0.3 is 24.4 Å². The molecule has 8 heteroatoms. The predicted molar refractivity (Wildman–Crippen MR) is 114 cm³/mol. The number of ether oxygens (including phenoxy) is 1. The first-order valence-corrected chi connectivity index (χ1v) is 10.5. The van der Waals surface area contributed by atoms with E-state index < -0.39 is 18.1 Å². The highest BCUT2D eigenvalue weighted by molar-refractivity contribution is 5.93. The van der Waals surface area contributed by atoms with Crippen LogP contribution in [-0.4, -0.2) is 71.1 Å². The van der Waals surface area contributed by atoms with Crippen LogP contribution in [0.2, 0.25) is 0 Å². The first-order valence-electron chi connectivity index (χ1n) is 10.5. The van der Waals surface area contributed by atoms with Crippen molar-refractivity contribution in [1.82, 2.24) is 9.80 Å². The van der Waals surface area contributed by atoms with Crippen LogP contribution < -0.4 is 4.74 Å². The monoisotopic (exact) mass is 432 g/mol. The van der Waals surface area contributed by atoms with Gasteiger partial charge in [0.05, 0.1) is 19.3 Å². The number of hydrogen-bond donors (Lipinski definition) is 1. The maximum atomic E-state index is 12.8. The van der Waals surface area contributed by atoms with E-state index in [0.717, 1.165) is 5.56 Å². The Hall–Kier alpha value is -2.74. The van der Waals surface area contributed by atoms with Crippen LogP contribution >= 0.6 is 0 Å². The molecule has 0 saturated carbocycles. The predicted octanol–water partition coefficient (Wildman–Crippen LogP) is 1.58. The van der Waals surface area contributed by atoms with Crippen molar-refractivity contribution >= 4 is 23.4 Å². The molecule has 1 N–H and O–H groups in total. The molecule has 0 aromatic heterocycles. The number of hydrogen-bond acceptors (Lipinski definition) is 6. The highest BCUT2D eigenvalue weighted by atomic mass is 16.5. The van der Waals surface area contributed by atoms with E-state index in [9.17, 15) is 24.3 Å². The topological polar surface area (TPSA) is 104 Å². The molecule has 1 fully saturated rings. The average Bonchev–Trinajstić information content (AvgIpc) is 3.12.